The number of esters is 1. The van der Waals surface area contributed by atoms with Crippen molar-refractivity contribution in [2.75, 3.05) is 7.11 Å². The molecule has 0 saturated heterocycles. The van der Waals surface area contributed by atoms with E-state index in [4.69, 9.17) is 15.6 Å². The zero-order valence-corrected chi connectivity index (χ0v) is 10.2. The lowest BCUT2D eigenvalue weighted by Gasteiger charge is -2.04. The topological polar surface area (TPSA) is 89.6 Å². The molecule has 0 atom stereocenters. The van der Waals surface area contributed by atoms with Crippen molar-refractivity contribution in [1.29, 1.82) is 0 Å². The molecule has 0 unspecified atom stereocenters. The highest BCUT2D eigenvalue weighted by Gasteiger charge is 2.38. The van der Waals surface area contributed by atoms with E-state index >= 15 is 0 Å². The maximum Gasteiger partial charge on any atom is 0.490 e. The fourth-order valence-electron chi connectivity index (χ4n) is 1.03. The van der Waals surface area contributed by atoms with Crippen molar-refractivity contribution in [3.05, 3.63) is 35.1 Å². The van der Waals surface area contributed by atoms with Crippen molar-refractivity contribution in [3.63, 3.8) is 0 Å². The minimum absolute atomic E-state index is 0.185. The monoisotopic (exact) mass is 297 g/mol. The van der Waals surface area contributed by atoms with Crippen LogP contribution in [0.2, 0.25) is 0 Å². The molecule has 0 aliphatic rings. The Morgan fingerprint density at radius 3 is 2.20 bits per heavy atom. The van der Waals surface area contributed by atoms with Gasteiger partial charge in [0.1, 0.15) is 5.82 Å². The quantitative estimate of drug-likeness (QED) is 0.640. The predicted molar refractivity (Wildman–Crippen MR) is 59.3 cm³/mol. The van der Waals surface area contributed by atoms with E-state index in [1.54, 1.807) is 0 Å². The summed E-state index contributed by atoms with van der Waals surface area (Å²) in [4.78, 5) is 20.0. The first kappa shape index (κ1) is 17.8. The average Bonchev–Trinajstić information content (AvgIpc) is 2.37. The van der Waals surface area contributed by atoms with E-state index < -0.39 is 23.9 Å². The zero-order valence-electron chi connectivity index (χ0n) is 10.2. The SMILES string of the molecule is COC(=O)c1cc(F)ccc1CN.O=C(O)C(F)(F)F. The Hall–Kier alpha value is -2.16. The lowest BCUT2D eigenvalue weighted by molar-refractivity contribution is -0.192. The van der Waals surface area contributed by atoms with Gasteiger partial charge in [-0.2, -0.15) is 13.2 Å². The van der Waals surface area contributed by atoms with Crippen LogP contribution in [0.4, 0.5) is 17.6 Å². The van der Waals surface area contributed by atoms with Gasteiger partial charge in [0.15, 0.2) is 0 Å². The normalized spacial score (nSPS) is 10.3. The molecule has 9 heteroatoms. The van der Waals surface area contributed by atoms with E-state index in [-0.39, 0.29) is 12.1 Å². The largest absolute Gasteiger partial charge is 0.490 e. The van der Waals surface area contributed by atoms with Crippen LogP contribution >= 0.6 is 0 Å². The molecule has 1 aromatic carbocycles. The van der Waals surface area contributed by atoms with Crippen LogP contribution in [0.25, 0.3) is 0 Å². The van der Waals surface area contributed by atoms with Gasteiger partial charge in [-0.1, -0.05) is 6.07 Å². The number of carbonyl (C=O) groups is 2. The van der Waals surface area contributed by atoms with E-state index in [0.717, 1.165) is 6.07 Å². The summed E-state index contributed by atoms with van der Waals surface area (Å²) >= 11 is 0. The Labute approximate surface area is 110 Å². The van der Waals surface area contributed by atoms with Crippen molar-refractivity contribution >= 4 is 11.9 Å². The molecule has 20 heavy (non-hydrogen) atoms. The van der Waals surface area contributed by atoms with Crippen LogP contribution in [0.15, 0.2) is 18.2 Å². The number of ether oxygens (including phenoxy) is 1. The highest BCUT2D eigenvalue weighted by Crippen LogP contribution is 2.13. The first-order valence-corrected chi connectivity index (χ1v) is 5.00. The Balaban J connectivity index is 0.000000441. The molecule has 0 fully saturated rings. The number of nitrogens with two attached hydrogens (primary N) is 1. The Kier molecular flexibility index (Phi) is 6.63. The van der Waals surface area contributed by atoms with Gasteiger partial charge in [-0.25, -0.2) is 14.0 Å². The van der Waals surface area contributed by atoms with Crippen LogP contribution < -0.4 is 5.73 Å². The van der Waals surface area contributed by atoms with Crippen LogP contribution in [0.1, 0.15) is 15.9 Å². The van der Waals surface area contributed by atoms with Gasteiger partial charge in [0.25, 0.3) is 0 Å². The third-order valence-corrected chi connectivity index (χ3v) is 1.94. The van der Waals surface area contributed by atoms with Crippen LogP contribution in [-0.4, -0.2) is 30.3 Å². The molecule has 0 aliphatic carbocycles. The lowest BCUT2D eigenvalue weighted by Crippen LogP contribution is -2.21. The van der Waals surface area contributed by atoms with E-state index in [9.17, 15) is 22.4 Å². The second-order valence-electron chi connectivity index (χ2n) is 3.30. The van der Waals surface area contributed by atoms with Gasteiger partial charge in [0.05, 0.1) is 12.7 Å². The molecule has 0 radical (unpaired) electrons. The maximum atomic E-state index is 12.7. The summed E-state index contributed by atoms with van der Waals surface area (Å²) in [6.45, 7) is 0.185. The summed E-state index contributed by atoms with van der Waals surface area (Å²) in [5.74, 6) is -3.80. The number of aliphatic carboxylic acids is 1. The van der Waals surface area contributed by atoms with Gasteiger partial charge < -0.3 is 15.6 Å². The highest BCUT2D eigenvalue weighted by molar-refractivity contribution is 5.91. The number of benzene rings is 1. The standard InChI is InChI=1S/C9H10FNO2.C2HF3O2/c1-13-9(12)8-4-7(10)3-2-6(8)5-11;3-2(4,5)1(6)7/h2-4H,5,11H2,1H3;(H,6,7). The second-order valence-corrected chi connectivity index (χ2v) is 3.30. The molecule has 0 aromatic heterocycles. The van der Waals surface area contributed by atoms with Gasteiger partial charge in [-0.3, -0.25) is 0 Å². The number of hydrogen-bond donors (Lipinski definition) is 2. The molecule has 112 valence electrons. The van der Waals surface area contributed by atoms with Crippen LogP contribution in [0.3, 0.4) is 0 Å². The Morgan fingerprint density at radius 2 is 1.85 bits per heavy atom. The molecule has 0 spiro atoms. The summed E-state index contributed by atoms with van der Waals surface area (Å²) < 4.78 is 48.9. The Bertz CT molecular complexity index is 488. The number of carbonyl (C=O) groups excluding carboxylic acids is 1. The third-order valence-electron chi connectivity index (χ3n) is 1.94. The molecule has 0 aliphatic heterocycles. The average molecular weight is 297 g/mol. The van der Waals surface area contributed by atoms with Crippen molar-refractivity contribution in [1.82, 2.24) is 0 Å². The maximum absolute atomic E-state index is 12.7. The van der Waals surface area contributed by atoms with Gasteiger partial charge >= 0.3 is 18.1 Å². The Morgan fingerprint density at radius 1 is 1.35 bits per heavy atom. The highest BCUT2D eigenvalue weighted by atomic mass is 19.4. The second kappa shape index (κ2) is 7.43. The van der Waals surface area contributed by atoms with Crippen molar-refractivity contribution in [3.8, 4) is 0 Å². The lowest BCUT2D eigenvalue weighted by atomic mass is 10.1. The molecule has 5 nitrogen and oxygen atoms in total. The molecule has 0 bridgehead atoms. The van der Waals surface area contributed by atoms with Crippen LogP contribution in [0, 0.1) is 5.82 Å². The van der Waals surface area contributed by atoms with E-state index in [2.05, 4.69) is 4.74 Å². The number of carboxylic acids is 1. The molecule has 0 saturated carbocycles. The number of hydrogen-bond acceptors (Lipinski definition) is 4. The molecular weight excluding hydrogens is 286 g/mol. The van der Waals surface area contributed by atoms with Crippen LogP contribution in [-0.2, 0) is 16.1 Å². The van der Waals surface area contributed by atoms with E-state index in [0.29, 0.717) is 5.56 Å². The van der Waals surface area contributed by atoms with Gasteiger partial charge in [-0.15, -0.1) is 0 Å². The van der Waals surface area contributed by atoms with E-state index in [1.165, 1.54) is 19.2 Å². The molecule has 1 rings (SSSR count). The van der Waals surface area contributed by atoms with Gasteiger partial charge in [0, 0.05) is 6.54 Å². The number of alkyl halides is 3. The third kappa shape index (κ3) is 5.65. The number of methoxy groups -OCH3 is 1. The first-order chi connectivity index (χ1) is 9.13. The summed E-state index contributed by atoms with van der Waals surface area (Å²) in [5.41, 5.74) is 6.13. The molecule has 0 heterocycles. The van der Waals surface area contributed by atoms with Gasteiger partial charge in [-0.05, 0) is 17.7 Å². The molecule has 1 aromatic rings. The summed E-state index contributed by atoms with van der Waals surface area (Å²) in [7, 11) is 1.24. The van der Waals surface area contributed by atoms with Crippen molar-refractivity contribution < 1.29 is 37.0 Å². The van der Waals surface area contributed by atoms with Crippen molar-refractivity contribution in [2.24, 2.45) is 5.73 Å². The molecular formula is C11H11F4NO4. The summed E-state index contributed by atoms with van der Waals surface area (Å²) in [6, 6.07) is 3.85. The molecule has 0 amide bonds. The minimum atomic E-state index is -5.08. The van der Waals surface area contributed by atoms with E-state index in [1.807, 2.05) is 0 Å². The smallest absolute Gasteiger partial charge is 0.475 e. The minimum Gasteiger partial charge on any atom is -0.475 e. The summed E-state index contributed by atoms with van der Waals surface area (Å²) in [6.07, 6.45) is -5.08. The number of carboxylic acid groups (broad SMARTS) is 1. The molecule has 3 N–H and O–H groups in total. The summed E-state index contributed by atoms with van der Waals surface area (Å²) in [5, 5.41) is 7.12. The fourth-order valence-corrected chi connectivity index (χ4v) is 1.03. The first-order valence-electron chi connectivity index (χ1n) is 5.00. The predicted octanol–water partition coefficient (Wildman–Crippen LogP) is 1.70. The van der Waals surface area contributed by atoms with Gasteiger partial charge in [0.2, 0.25) is 0 Å². The number of halogens is 4. The zero-order chi connectivity index (χ0) is 15.9. The number of rotatable bonds is 2. The van der Waals surface area contributed by atoms with Crippen molar-refractivity contribution in [2.45, 2.75) is 12.7 Å². The van der Waals surface area contributed by atoms with Crippen LogP contribution in [0.5, 0.6) is 0 Å². The fraction of sp³-hybridized carbons (Fsp3) is 0.273.